The van der Waals surface area contributed by atoms with Crippen molar-refractivity contribution in [1.29, 1.82) is 0 Å². The molecule has 0 bridgehead atoms. The molecule has 0 unspecified atom stereocenters. The zero-order chi connectivity index (χ0) is 13.0. The van der Waals surface area contributed by atoms with Crippen LogP contribution in [0.3, 0.4) is 0 Å². The van der Waals surface area contributed by atoms with Crippen LogP contribution < -0.4 is 4.74 Å². The summed E-state index contributed by atoms with van der Waals surface area (Å²) in [5, 5.41) is 0. The molecule has 0 N–H and O–H groups in total. The van der Waals surface area contributed by atoms with Gasteiger partial charge in [0.1, 0.15) is 5.75 Å². The lowest BCUT2D eigenvalue weighted by atomic mass is 9.83. The van der Waals surface area contributed by atoms with E-state index in [9.17, 15) is 0 Å². The monoisotopic (exact) mass is 250 g/mol. The highest BCUT2D eigenvalue weighted by Gasteiger charge is 2.34. The van der Waals surface area contributed by atoms with Crippen molar-refractivity contribution in [2.75, 3.05) is 20.3 Å². The lowest BCUT2D eigenvalue weighted by Crippen LogP contribution is -2.37. The predicted molar refractivity (Wildman–Crippen MR) is 70.7 cm³/mol. The molecule has 1 heterocycles. The summed E-state index contributed by atoms with van der Waals surface area (Å²) in [6.07, 6.45) is 1.96. The fourth-order valence-corrected chi connectivity index (χ4v) is 2.21. The van der Waals surface area contributed by atoms with Crippen LogP contribution in [0.2, 0.25) is 0 Å². The van der Waals surface area contributed by atoms with Crippen LogP contribution in [-0.4, -0.2) is 20.3 Å². The minimum atomic E-state index is -0.234. The first kappa shape index (κ1) is 13.4. The first-order chi connectivity index (χ1) is 8.73. The Morgan fingerprint density at radius 1 is 1.11 bits per heavy atom. The summed E-state index contributed by atoms with van der Waals surface area (Å²) in [6, 6.07) is 7.86. The van der Waals surface area contributed by atoms with Crippen molar-refractivity contribution >= 4 is 0 Å². The van der Waals surface area contributed by atoms with E-state index in [1.54, 1.807) is 7.11 Å². The van der Waals surface area contributed by atoms with E-state index >= 15 is 0 Å². The summed E-state index contributed by atoms with van der Waals surface area (Å²) in [5.41, 5.74) is 1.25. The molecule has 0 atom stereocenters. The zero-order valence-electron chi connectivity index (χ0n) is 11.4. The standard InChI is InChI=1S/C15H22O3/c1-4-15(5-2)10-17-14(18-11-15)12-6-8-13(16-3)9-7-12/h6-9,14H,4-5,10-11H2,1-3H3. The van der Waals surface area contributed by atoms with Gasteiger partial charge in [-0.05, 0) is 25.0 Å². The Kier molecular flexibility index (Phi) is 4.25. The first-order valence-electron chi connectivity index (χ1n) is 6.60. The highest BCUT2D eigenvalue weighted by atomic mass is 16.7. The van der Waals surface area contributed by atoms with Crippen molar-refractivity contribution in [3.05, 3.63) is 29.8 Å². The largest absolute Gasteiger partial charge is 0.497 e. The summed E-state index contributed by atoms with van der Waals surface area (Å²) >= 11 is 0. The van der Waals surface area contributed by atoms with Gasteiger partial charge in [0.05, 0.1) is 20.3 Å². The van der Waals surface area contributed by atoms with Gasteiger partial charge in [-0.2, -0.15) is 0 Å². The second kappa shape index (κ2) is 5.72. The summed E-state index contributed by atoms with van der Waals surface area (Å²) in [6.45, 7) is 5.95. The number of hydrogen-bond donors (Lipinski definition) is 0. The third-order valence-electron chi connectivity index (χ3n) is 3.97. The van der Waals surface area contributed by atoms with E-state index in [4.69, 9.17) is 14.2 Å². The summed E-state index contributed by atoms with van der Waals surface area (Å²) in [4.78, 5) is 0. The molecule has 2 rings (SSSR count). The summed E-state index contributed by atoms with van der Waals surface area (Å²) < 4.78 is 16.9. The number of methoxy groups -OCH3 is 1. The van der Waals surface area contributed by atoms with Crippen LogP contribution in [0.15, 0.2) is 24.3 Å². The third-order valence-corrected chi connectivity index (χ3v) is 3.97. The van der Waals surface area contributed by atoms with Crippen molar-refractivity contribution in [2.45, 2.75) is 33.0 Å². The minimum absolute atomic E-state index is 0.197. The number of ether oxygens (including phenoxy) is 3. The van der Waals surface area contributed by atoms with Crippen molar-refractivity contribution in [1.82, 2.24) is 0 Å². The topological polar surface area (TPSA) is 27.7 Å². The Balaban J connectivity index is 2.00. The molecule has 0 spiro atoms. The van der Waals surface area contributed by atoms with Crippen molar-refractivity contribution in [3.8, 4) is 5.75 Å². The molecule has 0 amide bonds. The van der Waals surface area contributed by atoms with Crippen LogP contribution in [0, 0.1) is 5.41 Å². The summed E-state index contributed by atoms with van der Waals surface area (Å²) in [7, 11) is 1.67. The first-order valence-corrected chi connectivity index (χ1v) is 6.60. The van der Waals surface area contributed by atoms with Gasteiger partial charge in [-0.15, -0.1) is 0 Å². The van der Waals surface area contributed by atoms with Gasteiger partial charge in [0.25, 0.3) is 0 Å². The molecule has 1 aliphatic heterocycles. The van der Waals surface area contributed by atoms with Crippen LogP contribution >= 0.6 is 0 Å². The van der Waals surface area contributed by atoms with E-state index in [-0.39, 0.29) is 11.7 Å². The average Bonchev–Trinajstić information content (AvgIpc) is 2.47. The van der Waals surface area contributed by atoms with E-state index in [1.165, 1.54) is 0 Å². The average molecular weight is 250 g/mol. The fraction of sp³-hybridized carbons (Fsp3) is 0.600. The second-order valence-corrected chi connectivity index (χ2v) is 4.93. The lowest BCUT2D eigenvalue weighted by Gasteiger charge is -2.39. The van der Waals surface area contributed by atoms with Crippen LogP contribution in [0.5, 0.6) is 5.75 Å². The van der Waals surface area contributed by atoms with Crippen LogP contribution in [-0.2, 0) is 9.47 Å². The number of rotatable bonds is 4. The number of benzene rings is 1. The van der Waals surface area contributed by atoms with Crippen molar-refractivity contribution in [2.24, 2.45) is 5.41 Å². The van der Waals surface area contributed by atoms with Gasteiger partial charge < -0.3 is 14.2 Å². The molecule has 0 aromatic heterocycles. The fourth-order valence-electron chi connectivity index (χ4n) is 2.21. The third kappa shape index (κ3) is 2.68. The molecule has 3 heteroatoms. The minimum Gasteiger partial charge on any atom is -0.497 e. The van der Waals surface area contributed by atoms with Gasteiger partial charge in [0.15, 0.2) is 6.29 Å². The van der Waals surface area contributed by atoms with Crippen LogP contribution in [0.1, 0.15) is 38.5 Å². The molecule has 100 valence electrons. The van der Waals surface area contributed by atoms with E-state index in [0.717, 1.165) is 37.4 Å². The maximum Gasteiger partial charge on any atom is 0.183 e. The van der Waals surface area contributed by atoms with Gasteiger partial charge in [-0.3, -0.25) is 0 Å². The maximum atomic E-state index is 5.87. The molecule has 1 aliphatic rings. The number of hydrogen-bond acceptors (Lipinski definition) is 3. The normalized spacial score (nSPS) is 19.7. The Hall–Kier alpha value is -1.06. The van der Waals surface area contributed by atoms with E-state index in [0.29, 0.717) is 0 Å². The molecule has 3 nitrogen and oxygen atoms in total. The quantitative estimate of drug-likeness (QED) is 0.818. The Morgan fingerprint density at radius 3 is 2.11 bits per heavy atom. The molecular weight excluding hydrogens is 228 g/mol. The second-order valence-electron chi connectivity index (χ2n) is 4.93. The van der Waals surface area contributed by atoms with Crippen LogP contribution in [0.4, 0.5) is 0 Å². The highest BCUT2D eigenvalue weighted by molar-refractivity contribution is 5.27. The van der Waals surface area contributed by atoms with Gasteiger partial charge in [0.2, 0.25) is 0 Å². The SMILES string of the molecule is CCC1(CC)COC(c2ccc(OC)cc2)OC1. The maximum absolute atomic E-state index is 5.87. The Morgan fingerprint density at radius 2 is 1.67 bits per heavy atom. The smallest absolute Gasteiger partial charge is 0.183 e. The van der Waals surface area contributed by atoms with Crippen LogP contribution in [0.25, 0.3) is 0 Å². The van der Waals surface area contributed by atoms with E-state index in [1.807, 2.05) is 24.3 Å². The lowest BCUT2D eigenvalue weighted by molar-refractivity contribution is -0.235. The summed E-state index contributed by atoms with van der Waals surface area (Å²) in [5.74, 6) is 0.853. The van der Waals surface area contributed by atoms with Gasteiger partial charge in [-0.25, -0.2) is 0 Å². The highest BCUT2D eigenvalue weighted by Crippen LogP contribution is 2.36. The van der Waals surface area contributed by atoms with Gasteiger partial charge >= 0.3 is 0 Å². The van der Waals surface area contributed by atoms with Crippen molar-refractivity contribution in [3.63, 3.8) is 0 Å². The molecule has 18 heavy (non-hydrogen) atoms. The molecule has 1 fully saturated rings. The molecule has 1 aromatic rings. The molecule has 0 saturated carbocycles. The van der Waals surface area contributed by atoms with E-state index in [2.05, 4.69) is 13.8 Å². The molecular formula is C15H22O3. The Bertz CT molecular complexity index is 358. The molecule has 1 aromatic carbocycles. The van der Waals surface area contributed by atoms with Gasteiger partial charge in [0, 0.05) is 11.0 Å². The molecule has 1 saturated heterocycles. The van der Waals surface area contributed by atoms with Crippen molar-refractivity contribution < 1.29 is 14.2 Å². The molecule has 0 radical (unpaired) electrons. The Labute approximate surface area is 109 Å². The predicted octanol–water partition coefficient (Wildman–Crippen LogP) is 3.55. The van der Waals surface area contributed by atoms with Gasteiger partial charge in [-0.1, -0.05) is 26.0 Å². The van der Waals surface area contributed by atoms with E-state index < -0.39 is 0 Å². The zero-order valence-corrected chi connectivity index (χ0v) is 11.4. The molecule has 0 aliphatic carbocycles.